The molecule has 0 spiro atoms. The third-order valence-corrected chi connectivity index (χ3v) is 3.11. The van der Waals surface area contributed by atoms with Crippen molar-refractivity contribution in [2.45, 2.75) is 38.2 Å². The van der Waals surface area contributed by atoms with E-state index in [-0.39, 0.29) is 11.9 Å². The molecule has 1 saturated carbocycles. The van der Waals surface area contributed by atoms with Gasteiger partial charge in [-0.15, -0.1) is 0 Å². The second-order valence-electron chi connectivity index (χ2n) is 4.66. The minimum atomic E-state index is -0.268. The van der Waals surface area contributed by atoms with E-state index in [2.05, 4.69) is 15.4 Å². The van der Waals surface area contributed by atoms with Gasteiger partial charge in [0.2, 0.25) is 0 Å². The molecule has 5 heteroatoms. The summed E-state index contributed by atoms with van der Waals surface area (Å²) in [5, 5.41) is 18.8. The number of hydrogen-bond acceptors (Lipinski definition) is 3. The van der Waals surface area contributed by atoms with Crippen LogP contribution < -0.4 is 0 Å². The zero-order valence-corrected chi connectivity index (χ0v) is 10.7. The lowest BCUT2D eigenvalue weighted by Gasteiger charge is -2.14. The van der Waals surface area contributed by atoms with E-state index in [9.17, 15) is 4.39 Å². The van der Waals surface area contributed by atoms with Gasteiger partial charge in [0.15, 0.2) is 0 Å². The first-order valence-corrected chi connectivity index (χ1v) is 6.55. The normalized spacial score (nSPS) is 15.7. The topological polar surface area (TPSA) is 61.8 Å². The van der Waals surface area contributed by atoms with Crippen LogP contribution in [0.1, 0.15) is 32.1 Å². The third-order valence-electron chi connectivity index (χ3n) is 3.11. The van der Waals surface area contributed by atoms with Crippen molar-refractivity contribution in [1.29, 1.82) is 0 Å². The van der Waals surface area contributed by atoms with E-state index in [4.69, 9.17) is 5.11 Å². The molecule has 1 aromatic heterocycles. The lowest BCUT2D eigenvalue weighted by atomic mass is 9.98. The van der Waals surface area contributed by atoms with Crippen molar-refractivity contribution in [3.8, 4) is 11.3 Å². The molecule has 0 radical (unpaired) electrons. The van der Waals surface area contributed by atoms with Gasteiger partial charge in [-0.3, -0.25) is 0 Å². The maximum atomic E-state index is 12.7. The molecule has 102 valence electrons. The lowest BCUT2D eigenvalue weighted by molar-refractivity contribution is 0.130. The second kappa shape index (κ2) is 6.99. The Labute approximate surface area is 111 Å². The minimum Gasteiger partial charge on any atom is -0.393 e. The molecule has 0 aliphatic heterocycles. The zero-order chi connectivity index (χ0) is 13.5. The summed E-state index contributed by atoms with van der Waals surface area (Å²) in [4.78, 5) is 0. The second-order valence-corrected chi connectivity index (χ2v) is 4.66. The number of aliphatic hydroxyl groups excluding tert-OH is 1. The van der Waals surface area contributed by atoms with E-state index in [1.807, 2.05) is 0 Å². The summed E-state index contributed by atoms with van der Waals surface area (Å²) in [5.41, 5.74) is 1.37. The molecule has 1 fully saturated rings. The van der Waals surface area contributed by atoms with Gasteiger partial charge >= 0.3 is 0 Å². The van der Waals surface area contributed by atoms with Gasteiger partial charge in [-0.1, -0.05) is 31.4 Å². The van der Waals surface area contributed by atoms with Gasteiger partial charge in [-0.05, 0) is 25.0 Å². The fourth-order valence-corrected chi connectivity index (χ4v) is 2.07. The molecule has 2 N–H and O–H groups in total. The lowest BCUT2D eigenvalue weighted by Crippen LogP contribution is -2.09. The summed E-state index contributed by atoms with van der Waals surface area (Å²) >= 11 is 0. The average molecular weight is 263 g/mol. The van der Waals surface area contributed by atoms with Crippen LogP contribution in [0.2, 0.25) is 0 Å². The number of nitrogens with zero attached hydrogens (tertiary/aromatic N) is 2. The number of nitrogens with one attached hydrogen (secondary N) is 1. The Bertz CT molecular complexity index is 481. The molecule has 0 unspecified atom stereocenters. The minimum absolute atomic E-state index is 0.0359. The Kier molecular flexibility index (Phi) is 5.03. The van der Waals surface area contributed by atoms with Crippen molar-refractivity contribution in [2.75, 3.05) is 0 Å². The molecule has 1 heterocycles. The molecule has 0 bridgehead atoms. The molecule has 3 rings (SSSR count). The standard InChI is InChI=1S/C8H6FN3.C6H12O/c9-7-3-1-2-6(4-7)8-5-10-12-11-8;7-6-4-2-1-3-5-6/h1-5H,(H,10,11,12);6-7H,1-5H2. The number of halogens is 1. The summed E-state index contributed by atoms with van der Waals surface area (Å²) in [6.07, 6.45) is 7.47. The molecule has 2 aromatic rings. The van der Waals surface area contributed by atoms with E-state index in [0.717, 1.165) is 18.4 Å². The molecule has 0 amide bonds. The van der Waals surface area contributed by atoms with Crippen LogP contribution in [-0.2, 0) is 0 Å². The highest BCUT2D eigenvalue weighted by atomic mass is 19.1. The monoisotopic (exact) mass is 263 g/mol. The molecular weight excluding hydrogens is 245 g/mol. The van der Waals surface area contributed by atoms with Gasteiger partial charge in [0.05, 0.1) is 12.3 Å². The average Bonchev–Trinajstić information content (AvgIpc) is 2.94. The Morgan fingerprint density at radius 3 is 2.53 bits per heavy atom. The SMILES string of the molecule is Fc1cccc(-c2cn[nH]n2)c1.OC1CCCCC1. The van der Waals surface area contributed by atoms with Crippen LogP contribution in [0, 0.1) is 5.82 Å². The van der Waals surface area contributed by atoms with Crippen LogP contribution in [-0.4, -0.2) is 26.6 Å². The smallest absolute Gasteiger partial charge is 0.123 e. The molecule has 1 aliphatic carbocycles. The Morgan fingerprint density at radius 2 is 2.00 bits per heavy atom. The van der Waals surface area contributed by atoms with E-state index in [0.29, 0.717) is 5.69 Å². The predicted molar refractivity (Wildman–Crippen MR) is 70.9 cm³/mol. The molecule has 1 aromatic carbocycles. The fraction of sp³-hybridized carbons (Fsp3) is 0.429. The van der Waals surface area contributed by atoms with Crippen molar-refractivity contribution >= 4 is 0 Å². The highest BCUT2D eigenvalue weighted by molar-refractivity contribution is 5.57. The number of hydrogen-bond donors (Lipinski definition) is 2. The zero-order valence-electron chi connectivity index (χ0n) is 10.7. The van der Waals surface area contributed by atoms with Gasteiger partial charge in [0.25, 0.3) is 0 Å². The van der Waals surface area contributed by atoms with E-state index in [1.165, 1.54) is 31.4 Å². The first kappa shape index (κ1) is 13.7. The fourth-order valence-electron chi connectivity index (χ4n) is 2.07. The Balaban J connectivity index is 0.000000163. The van der Waals surface area contributed by atoms with Crippen molar-refractivity contribution in [1.82, 2.24) is 15.4 Å². The van der Waals surface area contributed by atoms with Gasteiger partial charge in [-0.25, -0.2) is 4.39 Å². The molecule has 0 saturated heterocycles. The van der Waals surface area contributed by atoms with Crippen molar-refractivity contribution in [2.24, 2.45) is 0 Å². The van der Waals surface area contributed by atoms with E-state index >= 15 is 0 Å². The Hall–Kier alpha value is -1.75. The van der Waals surface area contributed by atoms with Crippen LogP contribution in [0.3, 0.4) is 0 Å². The first-order chi connectivity index (χ1) is 9.25. The highest BCUT2D eigenvalue weighted by Crippen LogP contribution is 2.16. The van der Waals surface area contributed by atoms with Gasteiger partial charge in [0.1, 0.15) is 11.5 Å². The first-order valence-electron chi connectivity index (χ1n) is 6.55. The summed E-state index contributed by atoms with van der Waals surface area (Å²) in [7, 11) is 0. The van der Waals surface area contributed by atoms with Crippen LogP contribution in [0.5, 0.6) is 0 Å². The molecule has 4 nitrogen and oxygen atoms in total. The summed E-state index contributed by atoms with van der Waals surface area (Å²) in [6.45, 7) is 0. The number of aromatic amines is 1. The van der Waals surface area contributed by atoms with E-state index in [1.54, 1.807) is 18.3 Å². The molecule has 1 aliphatic rings. The van der Waals surface area contributed by atoms with Crippen molar-refractivity contribution in [3.63, 3.8) is 0 Å². The number of benzene rings is 1. The largest absolute Gasteiger partial charge is 0.393 e. The van der Waals surface area contributed by atoms with Gasteiger partial charge < -0.3 is 5.11 Å². The predicted octanol–water partition coefficient (Wildman–Crippen LogP) is 2.92. The summed E-state index contributed by atoms with van der Waals surface area (Å²) in [6, 6.07) is 6.22. The quantitative estimate of drug-likeness (QED) is 0.831. The summed E-state index contributed by atoms with van der Waals surface area (Å²) in [5.74, 6) is -0.268. The van der Waals surface area contributed by atoms with Crippen LogP contribution in [0.25, 0.3) is 11.3 Å². The van der Waals surface area contributed by atoms with Crippen molar-refractivity contribution < 1.29 is 9.50 Å². The molecule has 0 atom stereocenters. The Morgan fingerprint density at radius 1 is 1.21 bits per heavy atom. The van der Waals surface area contributed by atoms with Gasteiger partial charge in [0, 0.05) is 5.56 Å². The van der Waals surface area contributed by atoms with Crippen LogP contribution in [0.15, 0.2) is 30.5 Å². The van der Waals surface area contributed by atoms with Gasteiger partial charge in [-0.2, -0.15) is 15.4 Å². The number of aromatic nitrogens is 3. The highest BCUT2D eigenvalue weighted by Gasteiger charge is 2.07. The molecular formula is C14H18FN3O. The maximum Gasteiger partial charge on any atom is 0.123 e. The maximum absolute atomic E-state index is 12.7. The number of H-pyrrole nitrogens is 1. The van der Waals surface area contributed by atoms with E-state index < -0.39 is 0 Å². The molecule has 19 heavy (non-hydrogen) atoms. The van der Waals surface area contributed by atoms with Crippen LogP contribution in [0.4, 0.5) is 4.39 Å². The number of rotatable bonds is 1. The summed E-state index contributed by atoms with van der Waals surface area (Å²) < 4.78 is 12.7. The third kappa shape index (κ3) is 4.44. The van der Waals surface area contributed by atoms with Crippen LogP contribution >= 0.6 is 0 Å². The number of aliphatic hydroxyl groups is 1. The van der Waals surface area contributed by atoms with Crippen molar-refractivity contribution in [3.05, 3.63) is 36.3 Å².